The number of carbonyl (C=O) groups is 1. The number of nitrogens with two attached hydrogens (primary N) is 1. The van der Waals surface area contributed by atoms with E-state index in [4.69, 9.17) is 15.0 Å². The smallest absolute Gasteiger partial charge is 0.337 e. The zero-order valence-corrected chi connectivity index (χ0v) is 9.61. The van der Waals surface area contributed by atoms with E-state index in [-0.39, 0.29) is 11.7 Å². The minimum Gasteiger partial charge on any atom is -0.490 e. The molecule has 1 aliphatic rings. The second-order valence-corrected chi connectivity index (χ2v) is 5.36. The number of hydrogen-bond donors (Lipinski definition) is 2. The fourth-order valence-electron chi connectivity index (χ4n) is 1.38. The summed E-state index contributed by atoms with van der Waals surface area (Å²) in [6.07, 6.45) is 1.97. The molecule has 1 aromatic carbocycles. The van der Waals surface area contributed by atoms with E-state index < -0.39 is 20.9 Å². The summed E-state index contributed by atoms with van der Waals surface area (Å²) >= 11 is 0. The summed E-state index contributed by atoms with van der Waals surface area (Å²) < 4.78 is 27.7. The van der Waals surface area contributed by atoms with Crippen LogP contribution in [0.5, 0.6) is 5.75 Å². The Bertz CT molecular complexity index is 562. The van der Waals surface area contributed by atoms with Crippen molar-refractivity contribution in [2.24, 2.45) is 5.14 Å². The topological polar surface area (TPSA) is 107 Å². The lowest BCUT2D eigenvalue weighted by Gasteiger charge is -2.08. The van der Waals surface area contributed by atoms with Gasteiger partial charge in [0.25, 0.3) is 0 Å². The third kappa shape index (κ3) is 2.75. The number of ether oxygens (including phenoxy) is 1. The highest BCUT2D eigenvalue weighted by Crippen LogP contribution is 2.28. The van der Waals surface area contributed by atoms with Crippen molar-refractivity contribution in [3.05, 3.63) is 23.8 Å². The second-order valence-electron chi connectivity index (χ2n) is 3.83. The zero-order chi connectivity index (χ0) is 12.6. The van der Waals surface area contributed by atoms with Crippen molar-refractivity contribution in [3.8, 4) is 5.75 Å². The molecule has 0 aliphatic heterocycles. The van der Waals surface area contributed by atoms with Gasteiger partial charge < -0.3 is 9.84 Å². The molecule has 3 N–H and O–H groups in total. The molecule has 0 amide bonds. The lowest BCUT2D eigenvalue weighted by atomic mass is 10.2. The van der Waals surface area contributed by atoms with Gasteiger partial charge in [0.05, 0.1) is 16.6 Å². The van der Waals surface area contributed by atoms with Gasteiger partial charge in [0.2, 0.25) is 10.0 Å². The molecule has 17 heavy (non-hydrogen) atoms. The van der Waals surface area contributed by atoms with Crippen molar-refractivity contribution >= 4 is 16.0 Å². The molecule has 0 aromatic heterocycles. The number of hydrogen-bond acceptors (Lipinski definition) is 4. The Morgan fingerprint density at radius 1 is 1.41 bits per heavy atom. The number of aromatic carboxylic acids is 1. The standard InChI is InChI=1S/C10H11NO5S/c11-17(14,15)9-4-3-7(16-6-1-2-6)5-8(9)10(12)13/h3-6H,1-2H2,(H,12,13)(H2,11,14,15). The van der Waals surface area contributed by atoms with Crippen LogP contribution < -0.4 is 9.88 Å². The van der Waals surface area contributed by atoms with Crippen molar-refractivity contribution in [1.29, 1.82) is 0 Å². The highest BCUT2D eigenvalue weighted by atomic mass is 32.2. The SMILES string of the molecule is NS(=O)(=O)c1ccc(OC2CC2)cc1C(=O)O. The maximum absolute atomic E-state index is 11.2. The van der Waals surface area contributed by atoms with Crippen LogP contribution in [0.25, 0.3) is 0 Å². The third-order valence-electron chi connectivity index (χ3n) is 2.32. The molecule has 0 bridgehead atoms. The molecular weight excluding hydrogens is 246 g/mol. The van der Waals surface area contributed by atoms with Gasteiger partial charge in [0.1, 0.15) is 5.75 Å². The van der Waals surface area contributed by atoms with E-state index in [9.17, 15) is 13.2 Å². The summed E-state index contributed by atoms with van der Waals surface area (Å²) in [6, 6.07) is 3.74. The highest BCUT2D eigenvalue weighted by molar-refractivity contribution is 7.89. The second kappa shape index (κ2) is 4.01. The van der Waals surface area contributed by atoms with Crippen LogP contribution in [0.3, 0.4) is 0 Å². The molecule has 2 rings (SSSR count). The summed E-state index contributed by atoms with van der Waals surface area (Å²) in [5, 5.41) is 13.9. The molecule has 7 heteroatoms. The van der Waals surface area contributed by atoms with Crippen LogP contribution in [0.15, 0.2) is 23.1 Å². The summed E-state index contributed by atoms with van der Waals surface area (Å²) in [5.41, 5.74) is -0.370. The van der Waals surface area contributed by atoms with Crippen LogP contribution in [0.1, 0.15) is 23.2 Å². The molecule has 6 nitrogen and oxygen atoms in total. The van der Waals surface area contributed by atoms with Crippen LogP contribution in [-0.2, 0) is 10.0 Å². The van der Waals surface area contributed by atoms with Crippen LogP contribution >= 0.6 is 0 Å². The molecule has 1 saturated carbocycles. The Kier molecular flexibility index (Phi) is 2.80. The van der Waals surface area contributed by atoms with Gasteiger partial charge in [-0.05, 0) is 31.0 Å². The molecule has 0 heterocycles. The first-order valence-electron chi connectivity index (χ1n) is 4.95. The van der Waals surface area contributed by atoms with Gasteiger partial charge in [0, 0.05) is 0 Å². The fraction of sp³-hybridized carbons (Fsp3) is 0.300. The van der Waals surface area contributed by atoms with E-state index >= 15 is 0 Å². The molecule has 0 saturated heterocycles. The van der Waals surface area contributed by atoms with Crippen molar-refractivity contribution in [2.75, 3.05) is 0 Å². The van der Waals surface area contributed by atoms with Gasteiger partial charge in [-0.2, -0.15) is 0 Å². The molecule has 1 fully saturated rings. The van der Waals surface area contributed by atoms with Crippen molar-refractivity contribution < 1.29 is 23.1 Å². The van der Waals surface area contributed by atoms with Crippen molar-refractivity contribution in [2.45, 2.75) is 23.8 Å². The lowest BCUT2D eigenvalue weighted by molar-refractivity contribution is 0.0692. The Hall–Kier alpha value is -1.60. The predicted octanol–water partition coefficient (Wildman–Crippen LogP) is 0.573. The van der Waals surface area contributed by atoms with Gasteiger partial charge in [0.15, 0.2) is 0 Å². The zero-order valence-electron chi connectivity index (χ0n) is 8.79. The van der Waals surface area contributed by atoms with E-state index in [1.54, 1.807) is 0 Å². The maximum Gasteiger partial charge on any atom is 0.337 e. The van der Waals surface area contributed by atoms with Gasteiger partial charge in [-0.25, -0.2) is 18.4 Å². The van der Waals surface area contributed by atoms with Gasteiger partial charge >= 0.3 is 5.97 Å². The first-order chi connectivity index (χ1) is 7.88. The van der Waals surface area contributed by atoms with Crippen molar-refractivity contribution in [1.82, 2.24) is 0 Å². The molecule has 0 unspecified atom stereocenters. The van der Waals surface area contributed by atoms with Gasteiger partial charge in [-0.3, -0.25) is 0 Å². The number of rotatable bonds is 4. The average Bonchev–Trinajstić information content (AvgIpc) is 2.99. The number of carboxylic acid groups (broad SMARTS) is 1. The van der Waals surface area contributed by atoms with Gasteiger partial charge in [-0.15, -0.1) is 0 Å². The van der Waals surface area contributed by atoms with Crippen LogP contribution in [-0.4, -0.2) is 25.6 Å². The van der Waals surface area contributed by atoms with Crippen LogP contribution in [0.4, 0.5) is 0 Å². The maximum atomic E-state index is 11.2. The quantitative estimate of drug-likeness (QED) is 0.820. The van der Waals surface area contributed by atoms with E-state index in [0.29, 0.717) is 5.75 Å². The Morgan fingerprint density at radius 2 is 2.06 bits per heavy atom. The summed E-state index contributed by atoms with van der Waals surface area (Å²) in [6.45, 7) is 0. The Morgan fingerprint density at radius 3 is 2.53 bits per heavy atom. The first-order valence-corrected chi connectivity index (χ1v) is 6.49. The third-order valence-corrected chi connectivity index (χ3v) is 3.28. The summed E-state index contributed by atoms with van der Waals surface area (Å²) in [7, 11) is -4.04. The summed E-state index contributed by atoms with van der Waals surface area (Å²) in [5.74, 6) is -1.01. The Labute approximate surface area is 98.1 Å². The molecule has 1 aliphatic carbocycles. The predicted molar refractivity (Wildman–Crippen MR) is 58.4 cm³/mol. The number of benzene rings is 1. The fourth-order valence-corrected chi connectivity index (χ4v) is 2.09. The van der Waals surface area contributed by atoms with Crippen molar-refractivity contribution in [3.63, 3.8) is 0 Å². The molecule has 0 radical (unpaired) electrons. The molecule has 92 valence electrons. The van der Waals surface area contributed by atoms with Crippen LogP contribution in [0.2, 0.25) is 0 Å². The van der Waals surface area contributed by atoms with E-state index in [0.717, 1.165) is 18.9 Å². The number of sulfonamides is 1. The van der Waals surface area contributed by atoms with E-state index in [1.165, 1.54) is 12.1 Å². The minimum absolute atomic E-state index is 0.108. The van der Waals surface area contributed by atoms with E-state index in [1.807, 2.05) is 0 Å². The number of carboxylic acids is 1. The molecule has 0 atom stereocenters. The van der Waals surface area contributed by atoms with E-state index in [2.05, 4.69) is 0 Å². The van der Waals surface area contributed by atoms with Gasteiger partial charge in [-0.1, -0.05) is 0 Å². The number of primary sulfonamides is 1. The highest BCUT2D eigenvalue weighted by Gasteiger charge is 2.25. The normalized spacial score (nSPS) is 15.6. The van der Waals surface area contributed by atoms with Crippen LogP contribution in [0, 0.1) is 0 Å². The minimum atomic E-state index is -4.04. The monoisotopic (exact) mass is 257 g/mol. The Balaban J connectivity index is 2.43. The average molecular weight is 257 g/mol. The largest absolute Gasteiger partial charge is 0.490 e. The first kappa shape index (κ1) is 11.9. The lowest BCUT2D eigenvalue weighted by Crippen LogP contribution is -2.16. The molecule has 1 aromatic rings. The summed E-state index contributed by atoms with van der Waals surface area (Å²) in [4.78, 5) is 10.5. The molecular formula is C10H11NO5S. The molecule has 0 spiro atoms.